The number of thiazole rings is 1. The SMILES string of the molecule is CC.CC(=O)Nc1ncc(CN2CCCc3nn(C)cc3C2)s1. The molecule has 2 aromatic rings. The van der Waals surface area contributed by atoms with Crippen molar-refractivity contribution in [3.05, 3.63) is 28.5 Å². The van der Waals surface area contributed by atoms with Crippen LogP contribution >= 0.6 is 11.3 Å². The summed E-state index contributed by atoms with van der Waals surface area (Å²) in [6, 6.07) is 0. The van der Waals surface area contributed by atoms with E-state index in [1.165, 1.54) is 23.1 Å². The van der Waals surface area contributed by atoms with Crippen molar-refractivity contribution in [1.29, 1.82) is 0 Å². The van der Waals surface area contributed by atoms with Crippen LogP contribution in [0.4, 0.5) is 5.13 Å². The van der Waals surface area contributed by atoms with E-state index >= 15 is 0 Å². The Bertz CT molecular complexity index is 649. The van der Waals surface area contributed by atoms with Gasteiger partial charge in [-0.05, 0) is 19.4 Å². The Kier molecular flexibility index (Phi) is 6.29. The Morgan fingerprint density at radius 3 is 2.96 bits per heavy atom. The van der Waals surface area contributed by atoms with Crippen LogP contribution < -0.4 is 5.32 Å². The minimum Gasteiger partial charge on any atom is -0.302 e. The number of aromatic nitrogens is 3. The molecule has 0 saturated carbocycles. The lowest BCUT2D eigenvalue weighted by Gasteiger charge is -2.18. The molecule has 23 heavy (non-hydrogen) atoms. The summed E-state index contributed by atoms with van der Waals surface area (Å²) in [5.41, 5.74) is 2.55. The van der Waals surface area contributed by atoms with Crippen LogP contribution in [-0.2, 0) is 31.4 Å². The van der Waals surface area contributed by atoms with Gasteiger partial charge in [0, 0.05) is 49.9 Å². The van der Waals surface area contributed by atoms with Crippen LogP contribution in [-0.4, -0.2) is 32.1 Å². The molecule has 0 aromatic carbocycles. The van der Waals surface area contributed by atoms with Crippen LogP contribution in [0.15, 0.2) is 12.4 Å². The number of hydrogen-bond acceptors (Lipinski definition) is 5. The van der Waals surface area contributed by atoms with Gasteiger partial charge in [-0.15, -0.1) is 11.3 Å². The summed E-state index contributed by atoms with van der Waals surface area (Å²) >= 11 is 1.54. The number of nitrogens with zero attached hydrogens (tertiary/aromatic N) is 4. The van der Waals surface area contributed by atoms with E-state index in [4.69, 9.17) is 0 Å². The highest BCUT2D eigenvalue weighted by Crippen LogP contribution is 2.23. The topological polar surface area (TPSA) is 63.1 Å². The zero-order valence-electron chi connectivity index (χ0n) is 14.3. The third-order valence-corrected chi connectivity index (χ3v) is 4.39. The van der Waals surface area contributed by atoms with Crippen LogP contribution in [0, 0.1) is 0 Å². The van der Waals surface area contributed by atoms with E-state index in [0.29, 0.717) is 5.13 Å². The van der Waals surface area contributed by atoms with E-state index in [1.54, 1.807) is 11.3 Å². The molecule has 126 valence electrons. The minimum absolute atomic E-state index is 0.0781. The van der Waals surface area contributed by atoms with Crippen LogP contribution in [0.3, 0.4) is 0 Å². The highest BCUT2D eigenvalue weighted by molar-refractivity contribution is 7.15. The fourth-order valence-electron chi connectivity index (χ4n) is 2.66. The molecule has 1 amide bonds. The Balaban J connectivity index is 0.000000924. The van der Waals surface area contributed by atoms with Crippen molar-refractivity contribution in [3.63, 3.8) is 0 Å². The molecule has 0 bridgehead atoms. The van der Waals surface area contributed by atoms with Gasteiger partial charge in [-0.25, -0.2) is 4.98 Å². The number of amides is 1. The largest absolute Gasteiger partial charge is 0.302 e. The van der Waals surface area contributed by atoms with Crippen LogP contribution in [0.2, 0.25) is 0 Å². The van der Waals surface area contributed by atoms with Gasteiger partial charge >= 0.3 is 0 Å². The Morgan fingerprint density at radius 2 is 2.22 bits per heavy atom. The van der Waals surface area contributed by atoms with E-state index in [9.17, 15) is 4.79 Å². The van der Waals surface area contributed by atoms with Crippen molar-refractivity contribution >= 4 is 22.4 Å². The average Bonchev–Trinajstić information content (AvgIpc) is 3.02. The van der Waals surface area contributed by atoms with Crippen molar-refractivity contribution in [3.8, 4) is 0 Å². The summed E-state index contributed by atoms with van der Waals surface area (Å²) in [6.45, 7) is 8.36. The molecule has 1 N–H and O–H groups in total. The Hall–Kier alpha value is -1.73. The molecule has 3 heterocycles. The van der Waals surface area contributed by atoms with Crippen LogP contribution in [0.1, 0.15) is 43.3 Å². The van der Waals surface area contributed by atoms with Crippen LogP contribution in [0.5, 0.6) is 0 Å². The second-order valence-electron chi connectivity index (χ2n) is 5.40. The first-order valence-corrected chi connectivity index (χ1v) is 8.88. The molecule has 0 aliphatic carbocycles. The van der Waals surface area contributed by atoms with Crippen molar-refractivity contribution in [2.45, 2.75) is 46.7 Å². The quantitative estimate of drug-likeness (QED) is 0.937. The summed E-state index contributed by atoms with van der Waals surface area (Å²) in [5, 5.41) is 7.93. The van der Waals surface area contributed by atoms with Gasteiger partial charge in [0.25, 0.3) is 0 Å². The van der Waals surface area contributed by atoms with E-state index in [2.05, 4.69) is 26.5 Å². The van der Waals surface area contributed by atoms with Gasteiger partial charge in [-0.1, -0.05) is 13.8 Å². The zero-order chi connectivity index (χ0) is 16.8. The lowest BCUT2D eigenvalue weighted by atomic mass is 10.2. The van der Waals surface area contributed by atoms with Gasteiger partial charge in [0.15, 0.2) is 5.13 Å². The summed E-state index contributed by atoms with van der Waals surface area (Å²) in [7, 11) is 1.97. The van der Waals surface area contributed by atoms with E-state index < -0.39 is 0 Å². The molecule has 0 atom stereocenters. The van der Waals surface area contributed by atoms with Crippen molar-refractivity contribution in [1.82, 2.24) is 19.7 Å². The predicted octanol–water partition coefficient (Wildman–Crippen LogP) is 2.81. The predicted molar refractivity (Wildman–Crippen MR) is 93.4 cm³/mol. The average molecular weight is 335 g/mol. The van der Waals surface area contributed by atoms with Gasteiger partial charge in [0.2, 0.25) is 5.91 Å². The zero-order valence-corrected chi connectivity index (χ0v) is 15.1. The smallest absolute Gasteiger partial charge is 0.223 e. The van der Waals surface area contributed by atoms with Crippen LogP contribution in [0.25, 0.3) is 0 Å². The second kappa shape index (κ2) is 8.21. The maximum absolute atomic E-state index is 11.0. The first-order valence-electron chi connectivity index (χ1n) is 8.06. The molecule has 1 aliphatic heterocycles. The number of anilines is 1. The first-order chi connectivity index (χ1) is 11.1. The third-order valence-electron chi connectivity index (χ3n) is 3.49. The summed E-state index contributed by atoms with van der Waals surface area (Å²) in [6.07, 6.45) is 6.14. The lowest BCUT2D eigenvalue weighted by molar-refractivity contribution is -0.114. The van der Waals surface area contributed by atoms with Gasteiger partial charge in [0.1, 0.15) is 0 Å². The number of rotatable bonds is 3. The molecular formula is C16H25N5OS. The molecule has 1 aliphatic rings. The van der Waals surface area contributed by atoms with Crippen molar-refractivity contribution in [2.24, 2.45) is 7.05 Å². The molecule has 7 heteroatoms. The highest BCUT2D eigenvalue weighted by atomic mass is 32.1. The first kappa shape index (κ1) is 17.6. The summed E-state index contributed by atoms with van der Waals surface area (Å²) in [5.74, 6) is -0.0781. The van der Waals surface area contributed by atoms with Gasteiger partial charge in [-0.2, -0.15) is 5.10 Å². The molecule has 0 unspecified atom stereocenters. The number of hydrogen-bond donors (Lipinski definition) is 1. The fraction of sp³-hybridized carbons (Fsp3) is 0.562. The van der Waals surface area contributed by atoms with Gasteiger partial charge in [-0.3, -0.25) is 14.4 Å². The number of aryl methyl sites for hydroxylation is 2. The van der Waals surface area contributed by atoms with E-state index in [0.717, 1.165) is 32.5 Å². The van der Waals surface area contributed by atoms with E-state index in [-0.39, 0.29) is 5.91 Å². The number of carbonyl (C=O) groups excluding carboxylic acids is 1. The lowest BCUT2D eigenvalue weighted by Crippen LogP contribution is -2.22. The normalized spacial score (nSPS) is 14.4. The van der Waals surface area contributed by atoms with Gasteiger partial charge in [0.05, 0.1) is 5.69 Å². The standard InChI is InChI=1S/C14H19N5OS.C2H6/c1-10(20)16-14-15-6-12(21-14)9-19-5-3-4-13-11(8-19)7-18(2)17-13;1-2/h6-7H,3-5,8-9H2,1-2H3,(H,15,16,20);1-2H3. The number of nitrogens with one attached hydrogen (secondary N) is 1. The molecule has 0 radical (unpaired) electrons. The molecule has 0 fully saturated rings. The molecular weight excluding hydrogens is 310 g/mol. The molecule has 6 nitrogen and oxygen atoms in total. The minimum atomic E-state index is -0.0781. The molecule has 0 saturated heterocycles. The Morgan fingerprint density at radius 1 is 1.43 bits per heavy atom. The Labute approximate surface area is 141 Å². The van der Waals surface area contributed by atoms with Crippen molar-refractivity contribution < 1.29 is 4.79 Å². The molecule has 3 rings (SSSR count). The van der Waals surface area contributed by atoms with Crippen molar-refractivity contribution in [2.75, 3.05) is 11.9 Å². The number of fused-ring (bicyclic) bond motifs is 1. The van der Waals surface area contributed by atoms with Gasteiger partial charge < -0.3 is 5.32 Å². The maximum Gasteiger partial charge on any atom is 0.223 e. The number of carbonyl (C=O) groups is 1. The highest BCUT2D eigenvalue weighted by Gasteiger charge is 2.18. The van der Waals surface area contributed by atoms with E-state index in [1.807, 2.05) is 31.8 Å². The molecule has 2 aromatic heterocycles. The fourth-order valence-corrected chi connectivity index (χ4v) is 3.56. The summed E-state index contributed by atoms with van der Waals surface area (Å²) in [4.78, 5) is 18.9. The third kappa shape index (κ3) is 4.87. The monoisotopic (exact) mass is 335 g/mol. The summed E-state index contributed by atoms with van der Waals surface area (Å²) < 4.78 is 1.90. The second-order valence-corrected chi connectivity index (χ2v) is 6.52. The maximum atomic E-state index is 11.0. The molecule has 0 spiro atoms.